The predicted octanol–water partition coefficient (Wildman–Crippen LogP) is 5.02. The van der Waals surface area contributed by atoms with Crippen molar-refractivity contribution >= 4 is 16.1 Å². The summed E-state index contributed by atoms with van der Waals surface area (Å²) < 4.78 is 42.7. The van der Waals surface area contributed by atoms with Crippen molar-refractivity contribution in [1.82, 2.24) is 0 Å². The van der Waals surface area contributed by atoms with Crippen LogP contribution in [-0.2, 0) is 28.7 Å². The van der Waals surface area contributed by atoms with E-state index in [9.17, 15) is 28.3 Å². The van der Waals surface area contributed by atoms with Crippen LogP contribution in [0, 0.1) is 5.92 Å². The first-order chi connectivity index (χ1) is 22.3. The number of ether oxygens (including phenoxy) is 1. The molecule has 0 radical (unpaired) electrons. The van der Waals surface area contributed by atoms with E-state index in [2.05, 4.69) is 4.99 Å². The molecular weight excluding hydrogens is 618 g/mol. The van der Waals surface area contributed by atoms with Gasteiger partial charge in [0.05, 0.1) is 17.0 Å². The zero-order valence-electron chi connectivity index (χ0n) is 26.4. The highest BCUT2D eigenvalue weighted by Gasteiger charge is 2.40. The van der Waals surface area contributed by atoms with Crippen LogP contribution in [-0.4, -0.2) is 45.1 Å². The summed E-state index contributed by atoms with van der Waals surface area (Å²) in [5.74, 6) is -0.281. The van der Waals surface area contributed by atoms with Gasteiger partial charge < -0.3 is 31.5 Å². The number of phenolic OH excluding ortho intramolecular Hbond substituents is 1. The highest BCUT2D eigenvalue weighted by molar-refractivity contribution is 7.86. The third-order valence-corrected chi connectivity index (χ3v) is 10.8. The first kappa shape index (κ1) is 34.4. The van der Waals surface area contributed by atoms with Gasteiger partial charge in [0.1, 0.15) is 11.5 Å². The van der Waals surface area contributed by atoms with E-state index >= 15 is 0 Å². The molecule has 4 aliphatic heterocycles. The summed E-state index contributed by atoms with van der Waals surface area (Å²) in [4.78, 5) is 4.63. The second kappa shape index (κ2) is 14.5. The van der Waals surface area contributed by atoms with E-state index in [-0.39, 0.29) is 24.6 Å². The fourth-order valence-electron chi connectivity index (χ4n) is 6.81. The Labute approximate surface area is 276 Å². The van der Waals surface area contributed by atoms with E-state index in [1.54, 1.807) is 30.3 Å². The van der Waals surface area contributed by atoms with Crippen molar-refractivity contribution in [1.29, 1.82) is 0 Å². The number of hydrogen-bond donors (Lipinski definition) is 6. The van der Waals surface area contributed by atoms with Gasteiger partial charge in [-0.2, -0.15) is 8.42 Å². The summed E-state index contributed by atoms with van der Waals surface area (Å²) in [5.41, 5.74) is 12.6. The number of benzene rings is 3. The Morgan fingerprint density at radius 3 is 2.19 bits per heavy atom. The zero-order valence-corrected chi connectivity index (χ0v) is 27.2. The summed E-state index contributed by atoms with van der Waals surface area (Å²) in [6.45, 7) is 0. The van der Waals surface area contributed by atoms with Crippen LogP contribution < -0.4 is 16.2 Å². The number of aliphatic hydroxyl groups is 2. The summed E-state index contributed by atoms with van der Waals surface area (Å²) >= 11 is 0. The summed E-state index contributed by atoms with van der Waals surface area (Å²) in [6, 6.07) is 20.7. The van der Waals surface area contributed by atoms with E-state index in [0.29, 0.717) is 49.0 Å². The number of aromatic hydroxyl groups is 1. The van der Waals surface area contributed by atoms with Crippen molar-refractivity contribution in [2.75, 3.05) is 0 Å². The largest absolute Gasteiger partial charge is 0.508 e. The van der Waals surface area contributed by atoms with E-state index in [1.165, 1.54) is 18.2 Å². The Hall–Kier alpha value is -3.90. The molecule has 0 amide bonds. The fraction of sp³-hybridized carbons (Fsp3) is 0.417. The number of allylic oxidation sites excluding steroid dienone is 1. The van der Waals surface area contributed by atoms with Gasteiger partial charge in [0.25, 0.3) is 10.1 Å². The number of nitrogens with two attached hydrogens (primary N) is 2. The molecule has 0 saturated heterocycles. The molecule has 10 nitrogen and oxygen atoms in total. The molecule has 0 aromatic heterocycles. The van der Waals surface area contributed by atoms with E-state index in [0.717, 1.165) is 30.4 Å². The van der Waals surface area contributed by atoms with Crippen LogP contribution in [0.25, 0.3) is 0 Å². The average Bonchev–Trinajstić information content (AvgIpc) is 3.04. The lowest BCUT2D eigenvalue weighted by atomic mass is 9.79. The van der Waals surface area contributed by atoms with Gasteiger partial charge in [-0.3, -0.25) is 4.55 Å². The Morgan fingerprint density at radius 1 is 0.936 bits per heavy atom. The Morgan fingerprint density at radius 2 is 1.57 bits per heavy atom. The van der Waals surface area contributed by atoms with Crippen molar-refractivity contribution in [3.05, 3.63) is 107 Å². The maximum Gasteiger partial charge on any atom is 0.268 e. The molecule has 1 saturated carbocycles. The van der Waals surface area contributed by atoms with Gasteiger partial charge in [-0.1, -0.05) is 79.9 Å². The van der Waals surface area contributed by atoms with Crippen LogP contribution in [0.5, 0.6) is 11.5 Å². The predicted molar refractivity (Wildman–Crippen MR) is 181 cm³/mol. The Bertz CT molecular complexity index is 1650. The van der Waals surface area contributed by atoms with Crippen LogP contribution in [0.3, 0.4) is 0 Å². The van der Waals surface area contributed by atoms with E-state index < -0.39 is 38.7 Å². The van der Waals surface area contributed by atoms with Crippen molar-refractivity contribution in [2.45, 2.75) is 86.9 Å². The lowest BCUT2D eigenvalue weighted by Gasteiger charge is -2.37. The molecule has 3 aromatic rings. The summed E-state index contributed by atoms with van der Waals surface area (Å²) in [5, 5.41) is 30.7. The van der Waals surface area contributed by atoms with Crippen molar-refractivity contribution in [3.63, 3.8) is 0 Å². The molecule has 4 heterocycles. The molecule has 11 heteroatoms. The van der Waals surface area contributed by atoms with E-state index in [4.69, 9.17) is 16.2 Å². The average molecular weight is 664 g/mol. The minimum atomic E-state index is -4.49. The van der Waals surface area contributed by atoms with Crippen LogP contribution in [0.4, 0.5) is 0 Å². The first-order valence-corrected chi connectivity index (χ1v) is 17.7. The number of hydrogen-bond acceptors (Lipinski definition) is 7. The minimum Gasteiger partial charge on any atom is -0.508 e. The number of aliphatic imine (C=N–C) groups is 1. The van der Waals surface area contributed by atoms with Crippen LogP contribution in [0.2, 0.25) is 0 Å². The third kappa shape index (κ3) is 8.92. The van der Waals surface area contributed by atoms with Crippen LogP contribution in [0.15, 0.2) is 89.9 Å². The SMILES string of the molecule is NC(N)=N[C@]1(CCC2(O)CCCCC2)Oc2ccc(cc2)CC[C@@H](S(=O)(=O)O)[C@H](/C=C/[C@@H](O)c2ccc(O)cc2)Cc2ccc1cc2. The van der Waals surface area contributed by atoms with Gasteiger partial charge in [-0.25, -0.2) is 4.99 Å². The number of aryl methyl sites for hydroxylation is 1. The lowest BCUT2D eigenvalue weighted by Crippen LogP contribution is -2.40. The molecule has 1 aliphatic carbocycles. The normalized spacial score (nSPS) is 23.8. The smallest absolute Gasteiger partial charge is 0.268 e. The molecule has 8 N–H and O–H groups in total. The number of phenols is 1. The molecular formula is C36H45N3O7S. The molecule has 0 spiro atoms. The molecule has 3 aromatic carbocycles. The highest BCUT2D eigenvalue weighted by atomic mass is 32.2. The van der Waals surface area contributed by atoms with Crippen molar-refractivity contribution in [2.24, 2.45) is 22.4 Å². The number of aliphatic hydroxyl groups excluding tert-OH is 1. The second-order valence-electron chi connectivity index (χ2n) is 12.9. The quantitative estimate of drug-likeness (QED) is 0.0832. The summed E-state index contributed by atoms with van der Waals surface area (Å²) in [7, 11) is -4.49. The van der Waals surface area contributed by atoms with E-state index in [1.807, 2.05) is 36.4 Å². The number of guanidine groups is 1. The molecule has 0 unspecified atom stereocenters. The number of nitrogens with zero attached hydrogens (tertiary/aromatic N) is 1. The number of rotatable bonds is 8. The molecule has 1 fully saturated rings. The molecule has 8 rings (SSSR count). The first-order valence-electron chi connectivity index (χ1n) is 16.2. The maximum atomic E-state index is 12.8. The van der Waals surface area contributed by atoms with Crippen LogP contribution >= 0.6 is 0 Å². The second-order valence-corrected chi connectivity index (χ2v) is 14.6. The Balaban J connectivity index is 1.55. The van der Waals surface area contributed by atoms with Gasteiger partial charge in [0, 0.05) is 17.9 Å². The monoisotopic (exact) mass is 663 g/mol. The topological polar surface area (TPSA) is 189 Å². The lowest BCUT2D eigenvalue weighted by molar-refractivity contribution is -0.0311. The van der Waals surface area contributed by atoms with Crippen LogP contribution in [0.1, 0.15) is 79.7 Å². The van der Waals surface area contributed by atoms with Gasteiger partial charge in [0.15, 0.2) is 5.96 Å². The molecule has 4 bridgehead atoms. The highest BCUT2D eigenvalue weighted by Crippen LogP contribution is 2.40. The van der Waals surface area contributed by atoms with Gasteiger partial charge in [-0.15, -0.1) is 0 Å². The molecule has 5 aliphatic rings. The standard InChI is InChI=1S/C36H45N3O7S/c37-34(38)39-36(23-22-35(42)20-2-1-3-21-35)29-12-4-26(5-13-29)24-28(11-18-32(41)27-9-14-30(40)15-10-27)33(47(43,44)45)19-8-25-6-16-31(46-36)17-7-25/h4-7,9-18,28,32-33,40-42H,1-3,8,19-24H2,(H4,37,38,39)(H,43,44,45)/b18-11+/t28-,32-,33-,36-/m1/s1. The molecule has 4 atom stereocenters. The van der Waals surface area contributed by atoms with Crippen molar-refractivity contribution in [3.8, 4) is 11.5 Å². The summed E-state index contributed by atoms with van der Waals surface area (Å²) in [6.07, 6.45) is 7.98. The Kier molecular flexibility index (Phi) is 10.6. The third-order valence-electron chi connectivity index (χ3n) is 9.46. The zero-order chi connectivity index (χ0) is 33.7. The van der Waals surface area contributed by atoms with Gasteiger partial charge in [0.2, 0.25) is 5.72 Å². The molecule has 47 heavy (non-hydrogen) atoms. The van der Waals surface area contributed by atoms with Gasteiger partial charge in [-0.05, 0) is 79.5 Å². The maximum absolute atomic E-state index is 12.8. The fourth-order valence-corrected chi connectivity index (χ4v) is 7.85. The van der Waals surface area contributed by atoms with Crippen molar-refractivity contribution < 1.29 is 33.0 Å². The minimum absolute atomic E-state index is 0.0637. The van der Waals surface area contributed by atoms with Gasteiger partial charge >= 0.3 is 0 Å². The molecule has 252 valence electrons.